The maximum atomic E-state index is 9.13. The Labute approximate surface area is 70.6 Å². The summed E-state index contributed by atoms with van der Waals surface area (Å²) in [5.74, 6) is 0.249. The molecule has 0 bridgehead atoms. The SMILES string of the molecule is Cc1cnn(CC(O)CCl)c1. The van der Waals surface area contributed by atoms with Gasteiger partial charge in [0, 0.05) is 6.20 Å². The molecule has 1 aromatic rings. The number of rotatable bonds is 3. The fourth-order valence-corrected chi connectivity index (χ4v) is 0.929. The largest absolute Gasteiger partial charge is 0.390 e. The van der Waals surface area contributed by atoms with Gasteiger partial charge in [0.05, 0.1) is 24.7 Å². The van der Waals surface area contributed by atoms with Crippen LogP contribution in [0.1, 0.15) is 5.56 Å². The topological polar surface area (TPSA) is 38.0 Å². The lowest BCUT2D eigenvalue weighted by molar-refractivity contribution is 0.171. The highest BCUT2D eigenvalue weighted by atomic mass is 35.5. The van der Waals surface area contributed by atoms with Gasteiger partial charge in [-0.1, -0.05) is 0 Å². The summed E-state index contributed by atoms with van der Waals surface area (Å²) in [5, 5.41) is 13.1. The lowest BCUT2D eigenvalue weighted by atomic mass is 10.4. The zero-order chi connectivity index (χ0) is 8.27. The molecule has 4 heteroatoms. The van der Waals surface area contributed by atoms with Gasteiger partial charge in [-0.25, -0.2) is 0 Å². The average Bonchev–Trinajstić information content (AvgIpc) is 2.35. The smallest absolute Gasteiger partial charge is 0.0871 e. The van der Waals surface area contributed by atoms with Crippen LogP contribution in [0, 0.1) is 6.92 Å². The number of halogens is 1. The van der Waals surface area contributed by atoms with Gasteiger partial charge < -0.3 is 5.11 Å². The summed E-state index contributed by atoms with van der Waals surface area (Å²) in [7, 11) is 0. The Balaban J connectivity index is 2.50. The van der Waals surface area contributed by atoms with Crippen LogP contribution in [0.3, 0.4) is 0 Å². The predicted molar refractivity (Wildman–Crippen MR) is 43.7 cm³/mol. The zero-order valence-corrected chi connectivity index (χ0v) is 7.12. The minimum absolute atomic E-state index is 0.249. The zero-order valence-electron chi connectivity index (χ0n) is 6.37. The van der Waals surface area contributed by atoms with Crippen molar-refractivity contribution in [2.24, 2.45) is 0 Å². The van der Waals surface area contributed by atoms with Gasteiger partial charge in [0.1, 0.15) is 0 Å². The number of aliphatic hydroxyl groups excluding tert-OH is 1. The third-order valence-corrected chi connectivity index (χ3v) is 1.69. The molecule has 0 saturated heterocycles. The van der Waals surface area contributed by atoms with Crippen LogP contribution < -0.4 is 0 Å². The summed E-state index contributed by atoms with van der Waals surface area (Å²) in [6.45, 7) is 2.42. The van der Waals surface area contributed by atoms with Crippen molar-refractivity contribution in [2.75, 3.05) is 5.88 Å². The van der Waals surface area contributed by atoms with Crippen molar-refractivity contribution in [1.82, 2.24) is 9.78 Å². The van der Waals surface area contributed by atoms with E-state index >= 15 is 0 Å². The monoisotopic (exact) mass is 174 g/mol. The molecule has 0 aliphatic carbocycles. The quantitative estimate of drug-likeness (QED) is 0.689. The van der Waals surface area contributed by atoms with Crippen molar-refractivity contribution in [1.29, 1.82) is 0 Å². The summed E-state index contributed by atoms with van der Waals surface area (Å²) in [4.78, 5) is 0. The van der Waals surface area contributed by atoms with Gasteiger partial charge in [-0.15, -0.1) is 11.6 Å². The molecule has 0 spiro atoms. The third-order valence-electron chi connectivity index (χ3n) is 1.34. The number of aliphatic hydroxyl groups is 1. The molecule has 1 unspecified atom stereocenters. The number of hydrogen-bond donors (Lipinski definition) is 1. The molecular formula is C7H11ClN2O. The van der Waals surface area contributed by atoms with E-state index < -0.39 is 6.10 Å². The molecule has 0 aliphatic heterocycles. The van der Waals surface area contributed by atoms with Gasteiger partial charge in [-0.05, 0) is 12.5 Å². The van der Waals surface area contributed by atoms with Gasteiger partial charge in [0.25, 0.3) is 0 Å². The standard InChI is InChI=1S/C7H11ClN2O/c1-6-3-9-10(4-6)5-7(11)2-8/h3-4,7,11H,2,5H2,1H3. The van der Waals surface area contributed by atoms with Crippen LogP contribution in [-0.2, 0) is 6.54 Å². The molecule has 1 aromatic heterocycles. The van der Waals surface area contributed by atoms with Crippen LogP contribution in [0.4, 0.5) is 0 Å². The van der Waals surface area contributed by atoms with E-state index in [0.717, 1.165) is 5.56 Å². The average molecular weight is 175 g/mol. The van der Waals surface area contributed by atoms with Gasteiger partial charge in [-0.2, -0.15) is 5.10 Å². The van der Waals surface area contributed by atoms with E-state index in [1.807, 2.05) is 13.1 Å². The first kappa shape index (κ1) is 8.56. The number of aryl methyl sites for hydroxylation is 1. The molecule has 0 aromatic carbocycles. The van der Waals surface area contributed by atoms with E-state index in [4.69, 9.17) is 16.7 Å². The number of hydrogen-bond acceptors (Lipinski definition) is 2. The number of alkyl halides is 1. The molecule has 0 radical (unpaired) electrons. The van der Waals surface area contributed by atoms with E-state index in [-0.39, 0.29) is 5.88 Å². The van der Waals surface area contributed by atoms with Gasteiger partial charge in [0.2, 0.25) is 0 Å². The Hall–Kier alpha value is -0.540. The molecule has 1 heterocycles. The lowest BCUT2D eigenvalue weighted by Crippen LogP contribution is -2.17. The van der Waals surface area contributed by atoms with E-state index in [1.54, 1.807) is 10.9 Å². The lowest BCUT2D eigenvalue weighted by Gasteiger charge is -2.05. The molecule has 1 N–H and O–H groups in total. The number of nitrogens with zero attached hydrogens (tertiary/aromatic N) is 2. The second-order valence-corrected chi connectivity index (χ2v) is 2.86. The first-order valence-corrected chi connectivity index (χ1v) is 3.99. The minimum atomic E-state index is -0.504. The fourth-order valence-electron chi connectivity index (χ4n) is 0.832. The first-order chi connectivity index (χ1) is 5.22. The van der Waals surface area contributed by atoms with E-state index in [9.17, 15) is 0 Å². The third kappa shape index (κ3) is 2.52. The van der Waals surface area contributed by atoms with E-state index in [1.165, 1.54) is 0 Å². The van der Waals surface area contributed by atoms with Gasteiger partial charge in [-0.3, -0.25) is 4.68 Å². The Morgan fingerprint density at radius 3 is 3.00 bits per heavy atom. The molecular weight excluding hydrogens is 164 g/mol. The van der Waals surface area contributed by atoms with Crippen molar-refractivity contribution in [2.45, 2.75) is 19.6 Å². The maximum Gasteiger partial charge on any atom is 0.0871 e. The number of aromatic nitrogens is 2. The molecule has 11 heavy (non-hydrogen) atoms. The highest BCUT2D eigenvalue weighted by Gasteiger charge is 2.02. The van der Waals surface area contributed by atoms with Crippen molar-refractivity contribution >= 4 is 11.6 Å². The second kappa shape index (κ2) is 3.74. The summed E-state index contributed by atoms with van der Waals surface area (Å²) in [6.07, 6.45) is 3.12. The summed E-state index contributed by atoms with van der Waals surface area (Å²) in [5.41, 5.74) is 1.09. The van der Waals surface area contributed by atoms with E-state index in [0.29, 0.717) is 6.54 Å². The second-order valence-electron chi connectivity index (χ2n) is 2.55. The minimum Gasteiger partial charge on any atom is -0.390 e. The Morgan fingerprint density at radius 1 is 1.82 bits per heavy atom. The highest BCUT2D eigenvalue weighted by Crippen LogP contribution is 1.97. The first-order valence-electron chi connectivity index (χ1n) is 3.45. The van der Waals surface area contributed by atoms with Crippen molar-refractivity contribution in [3.8, 4) is 0 Å². The van der Waals surface area contributed by atoms with Crippen molar-refractivity contribution in [3.05, 3.63) is 18.0 Å². The molecule has 3 nitrogen and oxygen atoms in total. The van der Waals surface area contributed by atoms with Crippen LogP contribution in [-0.4, -0.2) is 26.9 Å². The summed E-state index contributed by atoms with van der Waals surface area (Å²) < 4.78 is 1.68. The van der Waals surface area contributed by atoms with E-state index in [2.05, 4.69) is 5.10 Å². The normalized spacial score (nSPS) is 13.4. The molecule has 0 saturated carbocycles. The van der Waals surface area contributed by atoms with Gasteiger partial charge in [0.15, 0.2) is 0 Å². The highest BCUT2D eigenvalue weighted by molar-refractivity contribution is 6.18. The van der Waals surface area contributed by atoms with Crippen LogP contribution in [0.2, 0.25) is 0 Å². The summed E-state index contributed by atoms with van der Waals surface area (Å²) in [6, 6.07) is 0. The molecule has 0 fully saturated rings. The van der Waals surface area contributed by atoms with Crippen molar-refractivity contribution in [3.63, 3.8) is 0 Å². The fraction of sp³-hybridized carbons (Fsp3) is 0.571. The van der Waals surface area contributed by atoms with Crippen molar-refractivity contribution < 1.29 is 5.11 Å². The van der Waals surface area contributed by atoms with Crippen LogP contribution in [0.5, 0.6) is 0 Å². The summed E-state index contributed by atoms with van der Waals surface area (Å²) >= 11 is 5.42. The molecule has 1 rings (SSSR count). The van der Waals surface area contributed by atoms with Gasteiger partial charge >= 0.3 is 0 Å². The Kier molecular flexibility index (Phi) is 2.91. The van der Waals surface area contributed by atoms with Crippen LogP contribution in [0.15, 0.2) is 12.4 Å². The van der Waals surface area contributed by atoms with Crippen LogP contribution in [0.25, 0.3) is 0 Å². The molecule has 62 valence electrons. The Morgan fingerprint density at radius 2 is 2.55 bits per heavy atom. The molecule has 0 amide bonds. The molecule has 1 atom stereocenters. The maximum absolute atomic E-state index is 9.13. The predicted octanol–water partition coefficient (Wildman–Crippen LogP) is 0.791. The molecule has 0 aliphatic rings. The Bertz CT molecular complexity index is 224. The van der Waals surface area contributed by atoms with Crippen LogP contribution >= 0.6 is 11.6 Å².